The smallest absolute Gasteiger partial charge is 0.259 e. The molecule has 6 heteroatoms. The van der Waals surface area contributed by atoms with Gasteiger partial charge in [0.15, 0.2) is 0 Å². The average Bonchev–Trinajstić information content (AvgIpc) is 2.98. The number of nitrogens with one attached hydrogen (secondary N) is 1. The molecule has 2 amide bonds. The maximum atomic E-state index is 12.8. The van der Waals surface area contributed by atoms with Crippen LogP contribution in [0.25, 0.3) is 0 Å². The van der Waals surface area contributed by atoms with Crippen LogP contribution < -0.4 is 10.1 Å². The normalized spacial score (nSPS) is 26.0. The lowest BCUT2D eigenvalue weighted by Gasteiger charge is -2.39. The standard InChI is InChI=1S/C18H23ClN2O3/c1-11(22)20-14-8-13(9-14)12-6-7-21(10-12)18(23)17-15(19)4-3-5-16(17)24-2/h3-5,12-14H,6-10H2,1-2H3,(H,20,22). The van der Waals surface area contributed by atoms with Crippen LogP contribution in [0.2, 0.25) is 5.02 Å². The number of hydrogen-bond acceptors (Lipinski definition) is 3. The quantitative estimate of drug-likeness (QED) is 0.908. The Morgan fingerprint density at radius 3 is 2.71 bits per heavy atom. The van der Waals surface area contributed by atoms with E-state index in [0.29, 0.717) is 34.2 Å². The lowest BCUT2D eigenvalue weighted by Crippen LogP contribution is -2.46. The number of carbonyl (C=O) groups excluding carboxylic acids is 2. The molecule has 0 aromatic heterocycles. The second-order valence-electron chi connectivity index (χ2n) is 6.75. The molecule has 24 heavy (non-hydrogen) atoms. The summed E-state index contributed by atoms with van der Waals surface area (Å²) in [5, 5.41) is 3.39. The Hall–Kier alpha value is -1.75. The summed E-state index contributed by atoms with van der Waals surface area (Å²) >= 11 is 6.22. The lowest BCUT2D eigenvalue weighted by atomic mass is 9.72. The van der Waals surface area contributed by atoms with Crippen molar-refractivity contribution in [1.82, 2.24) is 10.2 Å². The first-order chi connectivity index (χ1) is 11.5. The second-order valence-corrected chi connectivity index (χ2v) is 7.15. The molecule has 130 valence electrons. The summed E-state index contributed by atoms with van der Waals surface area (Å²) in [7, 11) is 1.55. The number of benzene rings is 1. The fraction of sp³-hybridized carbons (Fsp3) is 0.556. The van der Waals surface area contributed by atoms with Crippen LogP contribution in [0.5, 0.6) is 5.75 Å². The number of carbonyl (C=O) groups is 2. The molecule has 1 aromatic carbocycles. The molecule has 1 N–H and O–H groups in total. The first kappa shape index (κ1) is 17.1. The third kappa shape index (κ3) is 3.36. The molecule has 1 unspecified atom stereocenters. The van der Waals surface area contributed by atoms with Crippen LogP contribution in [0.1, 0.15) is 36.5 Å². The van der Waals surface area contributed by atoms with E-state index in [-0.39, 0.29) is 11.8 Å². The van der Waals surface area contributed by atoms with Gasteiger partial charge in [0.25, 0.3) is 5.91 Å². The molecule has 2 aliphatic rings. The predicted molar refractivity (Wildman–Crippen MR) is 92.3 cm³/mol. The minimum absolute atomic E-state index is 0.0347. The highest BCUT2D eigenvalue weighted by Crippen LogP contribution is 2.39. The average molecular weight is 351 g/mol. The number of likely N-dealkylation sites (tertiary alicyclic amines) is 1. The fourth-order valence-corrected chi connectivity index (χ4v) is 4.10. The molecule has 1 saturated heterocycles. The zero-order valence-corrected chi connectivity index (χ0v) is 14.8. The van der Waals surface area contributed by atoms with Gasteiger partial charge < -0.3 is 15.0 Å². The molecule has 3 rings (SSSR count). The van der Waals surface area contributed by atoms with Crippen LogP contribution in [0.3, 0.4) is 0 Å². The van der Waals surface area contributed by atoms with Crippen molar-refractivity contribution in [2.45, 2.75) is 32.2 Å². The number of halogens is 1. The maximum absolute atomic E-state index is 12.8. The summed E-state index contributed by atoms with van der Waals surface area (Å²) in [4.78, 5) is 25.8. The van der Waals surface area contributed by atoms with Gasteiger partial charge in [0, 0.05) is 26.1 Å². The van der Waals surface area contributed by atoms with Gasteiger partial charge >= 0.3 is 0 Å². The molecule has 0 radical (unpaired) electrons. The van der Waals surface area contributed by atoms with Gasteiger partial charge in [-0.2, -0.15) is 0 Å². The Morgan fingerprint density at radius 1 is 1.29 bits per heavy atom. The van der Waals surface area contributed by atoms with Crippen molar-refractivity contribution in [2.75, 3.05) is 20.2 Å². The summed E-state index contributed by atoms with van der Waals surface area (Å²) < 4.78 is 5.29. The molecule has 1 saturated carbocycles. The van der Waals surface area contributed by atoms with E-state index in [4.69, 9.17) is 16.3 Å². The van der Waals surface area contributed by atoms with Crippen LogP contribution in [0.15, 0.2) is 18.2 Å². The molecule has 5 nitrogen and oxygen atoms in total. The van der Waals surface area contributed by atoms with Crippen LogP contribution in [-0.2, 0) is 4.79 Å². The lowest BCUT2D eigenvalue weighted by molar-refractivity contribution is -0.120. The van der Waals surface area contributed by atoms with Crippen LogP contribution in [-0.4, -0.2) is 43.0 Å². The molecule has 1 heterocycles. The summed E-state index contributed by atoms with van der Waals surface area (Å²) in [6, 6.07) is 5.56. The molecular weight excluding hydrogens is 328 g/mol. The number of ether oxygens (including phenoxy) is 1. The Labute approximate surface area is 147 Å². The zero-order valence-electron chi connectivity index (χ0n) is 14.0. The minimum Gasteiger partial charge on any atom is -0.496 e. The topological polar surface area (TPSA) is 58.6 Å². The van der Waals surface area contributed by atoms with E-state index < -0.39 is 0 Å². The summed E-state index contributed by atoms with van der Waals surface area (Å²) in [5.74, 6) is 1.59. The Morgan fingerprint density at radius 2 is 2.04 bits per heavy atom. The molecule has 0 spiro atoms. The van der Waals surface area contributed by atoms with Crippen molar-refractivity contribution in [1.29, 1.82) is 0 Å². The summed E-state index contributed by atoms with van der Waals surface area (Å²) in [5.41, 5.74) is 0.451. The highest BCUT2D eigenvalue weighted by atomic mass is 35.5. The first-order valence-electron chi connectivity index (χ1n) is 8.38. The number of rotatable bonds is 4. The van der Waals surface area contributed by atoms with Crippen LogP contribution >= 0.6 is 11.6 Å². The van der Waals surface area contributed by atoms with E-state index in [1.54, 1.807) is 32.2 Å². The van der Waals surface area contributed by atoms with E-state index in [2.05, 4.69) is 5.32 Å². The number of methoxy groups -OCH3 is 1. The maximum Gasteiger partial charge on any atom is 0.259 e. The van der Waals surface area contributed by atoms with Crippen LogP contribution in [0.4, 0.5) is 0 Å². The Bertz CT molecular complexity index is 643. The Kier molecular flexibility index (Phi) is 4.99. The second kappa shape index (κ2) is 7.01. The van der Waals surface area contributed by atoms with Gasteiger partial charge in [0.1, 0.15) is 11.3 Å². The van der Waals surface area contributed by atoms with Gasteiger partial charge in [-0.05, 0) is 43.2 Å². The van der Waals surface area contributed by atoms with Gasteiger partial charge in [0.05, 0.1) is 12.1 Å². The first-order valence-corrected chi connectivity index (χ1v) is 8.76. The minimum atomic E-state index is -0.0577. The van der Waals surface area contributed by atoms with E-state index in [1.165, 1.54) is 0 Å². The van der Waals surface area contributed by atoms with Crippen molar-refractivity contribution < 1.29 is 14.3 Å². The molecule has 1 atom stereocenters. The van der Waals surface area contributed by atoms with E-state index >= 15 is 0 Å². The molecule has 2 fully saturated rings. The van der Waals surface area contributed by atoms with Gasteiger partial charge in [-0.3, -0.25) is 9.59 Å². The molecule has 1 aliphatic carbocycles. The SMILES string of the molecule is COc1cccc(Cl)c1C(=O)N1CCC(C2CC(NC(C)=O)C2)C1. The third-order valence-corrected chi connectivity index (χ3v) is 5.48. The van der Waals surface area contributed by atoms with Gasteiger partial charge in [-0.1, -0.05) is 17.7 Å². The number of nitrogens with zero attached hydrogens (tertiary/aromatic N) is 1. The molecule has 1 aliphatic heterocycles. The fourth-order valence-electron chi connectivity index (χ4n) is 3.85. The highest BCUT2D eigenvalue weighted by molar-refractivity contribution is 6.34. The largest absolute Gasteiger partial charge is 0.496 e. The molecule has 1 aromatic rings. The summed E-state index contributed by atoms with van der Waals surface area (Å²) in [6.07, 6.45) is 3.04. The van der Waals surface area contributed by atoms with Crippen molar-refractivity contribution in [2.24, 2.45) is 11.8 Å². The summed E-state index contributed by atoms with van der Waals surface area (Å²) in [6.45, 7) is 3.06. The van der Waals surface area contributed by atoms with Crippen molar-refractivity contribution >= 4 is 23.4 Å². The van der Waals surface area contributed by atoms with Crippen molar-refractivity contribution in [3.8, 4) is 5.75 Å². The van der Waals surface area contributed by atoms with E-state index in [9.17, 15) is 9.59 Å². The van der Waals surface area contributed by atoms with Crippen molar-refractivity contribution in [3.05, 3.63) is 28.8 Å². The van der Waals surface area contributed by atoms with Gasteiger partial charge in [-0.25, -0.2) is 0 Å². The van der Waals surface area contributed by atoms with Crippen LogP contribution in [0, 0.1) is 11.8 Å². The highest BCUT2D eigenvalue weighted by Gasteiger charge is 2.40. The molecule has 0 bridgehead atoms. The monoisotopic (exact) mass is 350 g/mol. The zero-order chi connectivity index (χ0) is 17.3. The number of hydrogen-bond donors (Lipinski definition) is 1. The van der Waals surface area contributed by atoms with Gasteiger partial charge in [-0.15, -0.1) is 0 Å². The Balaban J connectivity index is 1.60. The molecular formula is C18H23ClN2O3. The van der Waals surface area contributed by atoms with Gasteiger partial charge in [0.2, 0.25) is 5.91 Å². The number of amides is 2. The van der Waals surface area contributed by atoms with E-state index in [0.717, 1.165) is 32.4 Å². The van der Waals surface area contributed by atoms with E-state index in [1.807, 2.05) is 4.90 Å². The predicted octanol–water partition coefficient (Wildman–Crippen LogP) is 2.73. The van der Waals surface area contributed by atoms with Crippen molar-refractivity contribution in [3.63, 3.8) is 0 Å². The third-order valence-electron chi connectivity index (χ3n) is 5.17.